The van der Waals surface area contributed by atoms with Gasteiger partial charge in [-0.1, -0.05) is 48.5 Å². The van der Waals surface area contributed by atoms with Crippen LogP contribution in [0.5, 0.6) is 5.75 Å². The minimum absolute atomic E-state index is 0.00571. The number of hydrogen-bond donors (Lipinski definition) is 1. The molecule has 178 valence electrons. The first-order chi connectivity index (χ1) is 16.4. The molecule has 0 aliphatic carbocycles. The molecule has 0 radical (unpaired) electrons. The average molecular weight is 464 g/mol. The van der Waals surface area contributed by atoms with Crippen LogP contribution in [-0.4, -0.2) is 76.6 Å². The van der Waals surface area contributed by atoms with Crippen molar-refractivity contribution in [2.75, 3.05) is 26.7 Å². The summed E-state index contributed by atoms with van der Waals surface area (Å²) in [6.45, 7) is 3.22. The van der Waals surface area contributed by atoms with E-state index in [1.54, 1.807) is 21.9 Å². The number of nitrogens with zero attached hydrogens (tertiary/aromatic N) is 4. The van der Waals surface area contributed by atoms with Gasteiger partial charge in [0, 0.05) is 32.1 Å². The van der Waals surface area contributed by atoms with Crippen LogP contribution < -0.4 is 10.1 Å². The summed E-state index contributed by atoms with van der Waals surface area (Å²) in [6.07, 6.45) is 0.586. The summed E-state index contributed by atoms with van der Waals surface area (Å²) in [6, 6.07) is 15.4. The Morgan fingerprint density at radius 1 is 1.09 bits per heavy atom. The molecule has 9 heteroatoms. The smallest absolute Gasteiger partial charge is 0.332 e. The van der Waals surface area contributed by atoms with E-state index in [-0.39, 0.29) is 37.0 Å². The fourth-order valence-electron chi connectivity index (χ4n) is 4.89. The number of carbonyl (C=O) groups excluding carboxylic acids is 3. The summed E-state index contributed by atoms with van der Waals surface area (Å²) < 4.78 is 6.00. The fourth-order valence-corrected chi connectivity index (χ4v) is 4.89. The highest BCUT2D eigenvalue weighted by Gasteiger charge is 2.46. The topological polar surface area (TPSA) is 85.4 Å². The van der Waals surface area contributed by atoms with Crippen molar-refractivity contribution < 1.29 is 19.1 Å². The van der Waals surface area contributed by atoms with Crippen molar-refractivity contribution in [3.63, 3.8) is 0 Å². The zero-order valence-corrected chi connectivity index (χ0v) is 19.4. The van der Waals surface area contributed by atoms with Crippen molar-refractivity contribution >= 4 is 17.8 Å². The zero-order valence-electron chi connectivity index (χ0n) is 19.4. The van der Waals surface area contributed by atoms with E-state index >= 15 is 0 Å². The van der Waals surface area contributed by atoms with E-state index in [0.29, 0.717) is 19.6 Å². The number of urea groups is 1. The van der Waals surface area contributed by atoms with Crippen LogP contribution in [0, 0.1) is 0 Å². The Labute approximate surface area is 198 Å². The lowest BCUT2D eigenvalue weighted by atomic mass is 10.1. The standard InChI is InChI=1S/C25H29N5O4/c1-17-11-19-9-6-10-20(24(19)34-17)13-28-14-21-29(15-22(28)31)23(32)16-30(21)27(2)25(33)26-12-18-7-4-3-5-8-18/h3-10,17,21H,11-16H2,1-2H3,(H,26,33)/t17?,21-/m0/s1. The maximum absolute atomic E-state index is 12.9. The number of benzene rings is 2. The molecular formula is C25H29N5O4. The highest BCUT2D eigenvalue weighted by atomic mass is 16.5. The first-order valence-corrected chi connectivity index (χ1v) is 11.6. The van der Waals surface area contributed by atoms with E-state index < -0.39 is 6.17 Å². The maximum Gasteiger partial charge on any atom is 0.332 e. The van der Waals surface area contributed by atoms with Crippen LogP contribution in [0.3, 0.4) is 0 Å². The van der Waals surface area contributed by atoms with Gasteiger partial charge in [-0.15, -0.1) is 0 Å². The SMILES string of the molecule is CC1Cc2cccc(CN3C[C@H]4N(CC3=O)C(=O)CN4N(C)C(=O)NCc3ccccc3)c2O1. The molecule has 0 bridgehead atoms. The van der Waals surface area contributed by atoms with Gasteiger partial charge in [0.1, 0.15) is 24.6 Å². The molecule has 0 saturated carbocycles. The lowest BCUT2D eigenvalue weighted by Crippen LogP contribution is -2.61. The molecule has 34 heavy (non-hydrogen) atoms. The molecule has 0 aromatic heterocycles. The van der Waals surface area contributed by atoms with Gasteiger partial charge >= 0.3 is 6.03 Å². The van der Waals surface area contributed by atoms with Crippen LogP contribution in [-0.2, 0) is 29.1 Å². The zero-order chi connectivity index (χ0) is 23.8. The number of hydrazine groups is 1. The Morgan fingerprint density at radius 3 is 2.68 bits per heavy atom. The van der Waals surface area contributed by atoms with Crippen LogP contribution in [0.4, 0.5) is 4.79 Å². The first-order valence-electron chi connectivity index (χ1n) is 11.6. The Hall–Kier alpha value is -3.59. The van der Waals surface area contributed by atoms with Crippen molar-refractivity contribution in [3.05, 3.63) is 65.2 Å². The molecule has 2 atom stereocenters. The normalized spacial score (nSPS) is 21.8. The number of ether oxygens (including phenoxy) is 1. The van der Waals surface area contributed by atoms with Gasteiger partial charge < -0.3 is 19.9 Å². The molecule has 5 rings (SSSR count). The van der Waals surface area contributed by atoms with E-state index in [9.17, 15) is 14.4 Å². The van der Waals surface area contributed by atoms with Crippen molar-refractivity contribution in [3.8, 4) is 5.75 Å². The second-order valence-electron chi connectivity index (χ2n) is 9.08. The van der Waals surface area contributed by atoms with Gasteiger partial charge in [0.2, 0.25) is 11.8 Å². The second-order valence-corrected chi connectivity index (χ2v) is 9.08. The Morgan fingerprint density at radius 2 is 1.88 bits per heavy atom. The molecule has 3 heterocycles. The van der Waals surface area contributed by atoms with E-state index in [1.807, 2.05) is 49.4 Å². The number of fused-ring (bicyclic) bond motifs is 2. The molecule has 4 amide bonds. The molecule has 2 fully saturated rings. The lowest BCUT2D eigenvalue weighted by Gasteiger charge is -2.41. The van der Waals surface area contributed by atoms with Gasteiger partial charge in [-0.05, 0) is 18.1 Å². The fraction of sp³-hybridized carbons (Fsp3) is 0.400. The Kier molecular flexibility index (Phi) is 5.87. The van der Waals surface area contributed by atoms with Crippen LogP contribution in [0.1, 0.15) is 23.6 Å². The monoisotopic (exact) mass is 463 g/mol. The van der Waals surface area contributed by atoms with E-state index in [4.69, 9.17) is 4.74 Å². The van der Waals surface area contributed by atoms with Crippen molar-refractivity contribution in [1.82, 2.24) is 25.1 Å². The van der Waals surface area contributed by atoms with Gasteiger partial charge in [0.25, 0.3) is 0 Å². The molecule has 3 aliphatic rings. The predicted octanol–water partition coefficient (Wildman–Crippen LogP) is 1.58. The van der Waals surface area contributed by atoms with Crippen molar-refractivity contribution in [2.45, 2.75) is 38.7 Å². The van der Waals surface area contributed by atoms with Crippen LogP contribution in [0.15, 0.2) is 48.5 Å². The summed E-state index contributed by atoms with van der Waals surface area (Å²) in [5, 5.41) is 6.08. The van der Waals surface area contributed by atoms with Crippen LogP contribution in [0.25, 0.3) is 0 Å². The minimum atomic E-state index is -0.394. The molecular weight excluding hydrogens is 434 g/mol. The minimum Gasteiger partial charge on any atom is -0.490 e. The third-order valence-electron chi connectivity index (χ3n) is 6.69. The van der Waals surface area contributed by atoms with Crippen LogP contribution in [0.2, 0.25) is 0 Å². The predicted molar refractivity (Wildman–Crippen MR) is 124 cm³/mol. The largest absolute Gasteiger partial charge is 0.490 e. The molecule has 9 nitrogen and oxygen atoms in total. The summed E-state index contributed by atoms with van der Waals surface area (Å²) in [4.78, 5) is 41.7. The molecule has 1 unspecified atom stereocenters. The quantitative estimate of drug-likeness (QED) is 0.728. The van der Waals surface area contributed by atoms with E-state index in [1.165, 1.54) is 5.01 Å². The molecule has 0 spiro atoms. The maximum atomic E-state index is 12.9. The molecule has 2 aromatic rings. The summed E-state index contributed by atoms with van der Waals surface area (Å²) in [5.74, 6) is 0.603. The van der Waals surface area contributed by atoms with Gasteiger partial charge in [0.15, 0.2) is 0 Å². The lowest BCUT2D eigenvalue weighted by molar-refractivity contribution is -0.149. The molecule has 2 saturated heterocycles. The van der Waals surface area contributed by atoms with E-state index in [2.05, 4.69) is 11.4 Å². The molecule has 1 N–H and O–H groups in total. The number of amides is 4. The number of para-hydroxylation sites is 1. The van der Waals surface area contributed by atoms with E-state index in [0.717, 1.165) is 28.9 Å². The first kappa shape index (κ1) is 22.2. The number of nitrogens with one attached hydrogen (secondary N) is 1. The van der Waals surface area contributed by atoms with Gasteiger partial charge in [0.05, 0.1) is 13.1 Å². The van der Waals surface area contributed by atoms with Crippen molar-refractivity contribution in [2.24, 2.45) is 0 Å². The highest BCUT2D eigenvalue weighted by molar-refractivity contribution is 5.89. The number of rotatable bonds is 5. The molecule has 3 aliphatic heterocycles. The van der Waals surface area contributed by atoms with Crippen molar-refractivity contribution in [1.29, 1.82) is 0 Å². The van der Waals surface area contributed by atoms with Gasteiger partial charge in [-0.3, -0.25) is 14.6 Å². The number of hydrogen-bond acceptors (Lipinski definition) is 5. The van der Waals surface area contributed by atoms with Crippen LogP contribution >= 0.6 is 0 Å². The molecule has 2 aromatic carbocycles. The third-order valence-corrected chi connectivity index (χ3v) is 6.69. The Balaban J connectivity index is 1.28. The summed E-state index contributed by atoms with van der Waals surface area (Å²) in [5.41, 5.74) is 3.11. The highest BCUT2D eigenvalue weighted by Crippen LogP contribution is 2.34. The number of piperazine rings is 1. The van der Waals surface area contributed by atoms with Gasteiger partial charge in [-0.25, -0.2) is 4.79 Å². The summed E-state index contributed by atoms with van der Waals surface area (Å²) in [7, 11) is 1.65. The third kappa shape index (κ3) is 4.19. The average Bonchev–Trinajstić information content (AvgIpc) is 3.37. The number of carbonyl (C=O) groups is 3. The van der Waals surface area contributed by atoms with Gasteiger partial charge in [-0.2, -0.15) is 5.01 Å². The Bertz CT molecular complexity index is 1110. The summed E-state index contributed by atoms with van der Waals surface area (Å²) >= 11 is 0. The second kappa shape index (κ2) is 8.98.